The predicted octanol–water partition coefficient (Wildman–Crippen LogP) is 1.40. The molecule has 4 nitrogen and oxygen atoms in total. The second-order valence-electron chi connectivity index (χ2n) is 6.12. The zero-order valence-corrected chi connectivity index (χ0v) is 12.9. The summed E-state index contributed by atoms with van der Waals surface area (Å²) in [6, 6.07) is 9.47. The molecule has 0 unspecified atom stereocenters. The van der Waals surface area contributed by atoms with Gasteiger partial charge in [0, 0.05) is 6.54 Å². The molecule has 1 heterocycles. The summed E-state index contributed by atoms with van der Waals surface area (Å²) in [5.41, 5.74) is 7.07. The Kier molecular flexibility index (Phi) is 6.21. The van der Waals surface area contributed by atoms with Crippen LogP contribution in [0.15, 0.2) is 30.3 Å². The first-order chi connectivity index (χ1) is 10.1. The van der Waals surface area contributed by atoms with Crippen molar-refractivity contribution in [2.75, 3.05) is 26.7 Å². The lowest BCUT2D eigenvalue weighted by molar-refractivity contribution is -0.122. The van der Waals surface area contributed by atoms with Crippen molar-refractivity contribution in [2.24, 2.45) is 11.7 Å². The molecule has 1 aromatic rings. The molecule has 1 fully saturated rings. The number of benzene rings is 1. The van der Waals surface area contributed by atoms with Crippen molar-refractivity contribution in [1.29, 1.82) is 0 Å². The van der Waals surface area contributed by atoms with E-state index in [9.17, 15) is 4.79 Å². The van der Waals surface area contributed by atoms with Crippen LogP contribution >= 0.6 is 0 Å². The maximum Gasteiger partial charge on any atom is 0.237 e. The molecule has 0 radical (unpaired) electrons. The maximum atomic E-state index is 12.0. The highest BCUT2D eigenvalue weighted by Crippen LogP contribution is 2.18. The van der Waals surface area contributed by atoms with E-state index in [4.69, 9.17) is 5.73 Å². The SMILES string of the molecule is CN1CCC(CCNC(=O)[C@H](N)Cc2ccccc2)CC1. The van der Waals surface area contributed by atoms with Gasteiger partial charge < -0.3 is 16.0 Å². The molecule has 1 saturated heterocycles. The predicted molar refractivity (Wildman–Crippen MR) is 86.0 cm³/mol. The van der Waals surface area contributed by atoms with Gasteiger partial charge in [0.15, 0.2) is 0 Å². The fraction of sp³-hybridized carbons (Fsp3) is 0.588. The molecular formula is C17H27N3O. The van der Waals surface area contributed by atoms with Crippen molar-refractivity contribution in [2.45, 2.75) is 31.7 Å². The van der Waals surface area contributed by atoms with E-state index in [-0.39, 0.29) is 5.91 Å². The molecule has 0 aliphatic carbocycles. The molecular weight excluding hydrogens is 262 g/mol. The van der Waals surface area contributed by atoms with Crippen molar-refractivity contribution in [3.63, 3.8) is 0 Å². The number of likely N-dealkylation sites (tertiary alicyclic amines) is 1. The quantitative estimate of drug-likeness (QED) is 0.832. The smallest absolute Gasteiger partial charge is 0.237 e. The highest BCUT2D eigenvalue weighted by Gasteiger charge is 2.18. The minimum absolute atomic E-state index is 0.0354. The van der Waals surface area contributed by atoms with E-state index in [0.717, 1.165) is 24.4 Å². The third-order valence-electron chi connectivity index (χ3n) is 4.33. The lowest BCUT2D eigenvalue weighted by Gasteiger charge is -2.29. The molecule has 4 heteroatoms. The standard InChI is InChI=1S/C17H27N3O/c1-20-11-8-14(9-12-20)7-10-19-17(21)16(18)13-15-5-3-2-4-6-15/h2-6,14,16H,7-13,18H2,1H3,(H,19,21)/t16-/m1/s1. The van der Waals surface area contributed by atoms with Gasteiger partial charge in [0.05, 0.1) is 6.04 Å². The number of amides is 1. The Morgan fingerprint density at radius 2 is 2.00 bits per heavy atom. The molecule has 1 aliphatic heterocycles. The van der Waals surface area contributed by atoms with Gasteiger partial charge in [0.25, 0.3) is 0 Å². The number of carbonyl (C=O) groups excluding carboxylic acids is 1. The van der Waals surface area contributed by atoms with Crippen LogP contribution in [0.4, 0.5) is 0 Å². The summed E-state index contributed by atoms with van der Waals surface area (Å²) in [4.78, 5) is 14.4. The highest BCUT2D eigenvalue weighted by atomic mass is 16.2. The number of carbonyl (C=O) groups is 1. The lowest BCUT2D eigenvalue weighted by Crippen LogP contribution is -2.43. The van der Waals surface area contributed by atoms with Crippen LogP contribution in [-0.4, -0.2) is 43.5 Å². The Labute approximate surface area is 127 Å². The average Bonchev–Trinajstić information content (AvgIpc) is 2.50. The van der Waals surface area contributed by atoms with Crippen LogP contribution in [0.5, 0.6) is 0 Å². The Morgan fingerprint density at radius 1 is 1.33 bits per heavy atom. The van der Waals surface area contributed by atoms with Gasteiger partial charge in [-0.15, -0.1) is 0 Å². The molecule has 1 aromatic carbocycles. The van der Waals surface area contributed by atoms with Crippen LogP contribution in [0, 0.1) is 5.92 Å². The van der Waals surface area contributed by atoms with Gasteiger partial charge in [-0.1, -0.05) is 30.3 Å². The number of nitrogens with one attached hydrogen (secondary N) is 1. The van der Waals surface area contributed by atoms with Crippen molar-refractivity contribution < 1.29 is 4.79 Å². The molecule has 1 atom stereocenters. The second kappa shape index (κ2) is 8.15. The molecule has 21 heavy (non-hydrogen) atoms. The Bertz CT molecular complexity index is 427. The fourth-order valence-electron chi connectivity index (χ4n) is 2.84. The molecule has 1 amide bonds. The summed E-state index contributed by atoms with van der Waals surface area (Å²) >= 11 is 0. The number of hydrogen-bond acceptors (Lipinski definition) is 3. The molecule has 0 aromatic heterocycles. The van der Waals surface area contributed by atoms with E-state index in [1.165, 1.54) is 25.9 Å². The summed E-state index contributed by atoms with van der Waals surface area (Å²) in [6.45, 7) is 3.09. The Hall–Kier alpha value is -1.39. The monoisotopic (exact) mass is 289 g/mol. The largest absolute Gasteiger partial charge is 0.355 e. The van der Waals surface area contributed by atoms with E-state index < -0.39 is 6.04 Å². The van der Waals surface area contributed by atoms with E-state index in [1.807, 2.05) is 30.3 Å². The number of nitrogens with zero attached hydrogens (tertiary/aromatic N) is 1. The van der Waals surface area contributed by atoms with E-state index >= 15 is 0 Å². The number of piperidine rings is 1. The van der Waals surface area contributed by atoms with Crippen molar-refractivity contribution in [1.82, 2.24) is 10.2 Å². The zero-order valence-electron chi connectivity index (χ0n) is 12.9. The molecule has 1 aliphatic rings. The minimum atomic E-state index is -0.454. The van der Waals surface area contributed by atoms with Gasteiger partial charge in [0.1, 0.15) is 0 Å². The van der Waals surface area contributed by atoms with Crippen molar-refractivity contribution >= 4 is 5.91 Å². The van der Waals surface area contributed by atoms with Gasteiger partial charge in [0.2, 0.25) is 5.91 Å². The van der Waals surface area contributed by atoms with Gasteiger partial charge >= 0.3 is 0 Å². The van der Waals surface area contributed by atoms with Crippen LogP contribution in [0.2, 0.25) is 0 Å². The number of hydrogen-bond donors (Lipinski definition) is 2. The first-order valence-electron chi connectivity index (χ1n) is 7.91. The molecule has 0 spiro atoms. The molecule has 3 N–H and O–H groups in total. The van der Waals surface area contributed by atoms with Crippen molar-refractivity contribution in [3.8, 4) is 0 Å². The fourth-order valence-corrected chi connectivity index (χ4v) is 2.84. The van der Waals surface area contributed by atoms with Gasteiger partial charge in [-0.2, -0.15) is 0 Å². The summed E-state index contributed by atoms with van der Waals surface area (Å²) < 4.78 is 0. The first-order valence-corrected chi connectivity index (χ1v) is 7.91. The second-order valence-corrected chi connectivity index (χ2v) is 6.12. The van der Waals surface area contributed by atoms with Crippen LogP contribution in [0.1, 0.15) is 24.8 Å². The third-order valence-corrected chi connectivity index (χ3v) is 4.33. The zero-order chi connectivity index (χ0) is 15.1. The topological polar surface area (TPSA) is 58.4 Å². The summed E-state index contributed by atoms with van der Waals surface area (Å²) in [6.07, 6.45) is 4.14. The number of rotatable bonds is 6. The average molecular weight is 289 g/mol. The lowest BCUT2D eigenvalue weighted by atomic mass is 9.94. The van der Waals surface area contributed by atoms with Crippen LogP contribution in [0.25, 0.3) is 0 Å². The van der Waals surface area contributed by atoms with Crippen LogP contribution < -0.4 is 11.1 Å². The van der Waals surface area contributed by atoms with E-state index in [1.54, 1.807) is 0 Å². The number of nitrogens with two attached hydrogens (primary N) is 1. The molecule has 116 valence electrons. The molecule has 0 bridgehead atoms. The first kappa shape index (κ1) is 16.0. The van der Waals surface area contributed by atoms with E-state index in [0.29, 0.717) is 6.42 Å². The molecule has 0 saturated carbocycles. The van der Waals surface area contributed by atoms with Gasteiger partial charge in [-0.25, -0.2) is 0 Å². The summed E-state index contributed by atoms with van der Waals surface area (Å²) in [7, 11) is 2.17. The Morgan fingerprint density at radius 3 is 2.67 bits per heavy atom. The third kappa shape index (κ3) is 5.48. The van der Waals surface area contributed by atoms with Crippen LogP contribution in [-0.2, 0) is 11.2 Å². The summed E-state index contributed by atoms with van der Waals surface area (Å²) in [5.74, 6) is 0.707. The highest BCUT2D eigenvalue weighted by molar-refractivity contribution is 5.81. The normalized spacial score (nSPS) is 18.4. The molecule has 2 rings (SSSR count). The van der Waals surface area contributed by atoms with Gasteiger partial charge in [-0.05, 0) is 57.3 Å². The summed E-state index contributed by atoms with van der Waals surface area (Å²) in [5, 5.41) is 2.98. The Balaban J connectivity index is 1.65. The van der Waals surface area contributed by atoms with E-state index in [2.05, 4.69) is 17.3 Å². The van der Waals surface area contributed by atoms with Crippen molar-refractivity contribution in [3.05, 3.63) is 35.9 Å². The van der Waals surface area contributed by atoms with Crippen LogP contribution in [0.3, 0.4) is 0 Å². The van der Waals surface area contributed by atoms with Gasteiger partial charge in [-0.3, -0.25) is 4.79 Å². The minimum Gasteiger partial charge on any atom is -0.355 e. The maximum absolute atomic E-state index is 12.0.